The highest BCUT2D eigenvalue weighted by atomic mass is 19.2. The third kappa shape index (κ3) is 6.00. The molecule has 0 spiro atoms. The molecule has 2 rings (SSSR count). The Balaban J connectivity index is 2.76. The molecule has 2 aromatic carbocycles. The van der Waals surface area contributed by atoms with E-state index in [9.17, 15) is 65.8 Å². The normalized spacial score (nSPS) is 17.4. The van der Waals surface area contributed by atoms with Crippen LogP contribution in [0.1, 0.15) is 24.5 Å². The van der Waals surface area contributed by atoms with Crippen LogP contribution in [0.5, 0.6) is 0 Å². The summed E-state index contributed by atoms with van der Waals surface area (Å²) in [6, 6.07) is -0.245. The van der Waals surface area contributed by atoms with E-state index < -0.39 is 113 Å². The Bertz CT molecular complexity index is 1210. The van der Waals surface area contributed by atoms with Crippen molar-refractivity contribution < 1.29 is 65.8 Å². The van der Waals surface area contributed by atoms with Gasteiger partial charge in [-0.15, -0.1) is 6.58 Å². The van der Waals surface area contributed by atoms with Crippen LogP contribution in [0.2, 0.25) is 0 Å². The minimum absolute atomic E-state index is 0.0836. The van der Waals surface area contributed by atoms with Gasteiger partial charge in [-0.3, -0.25) is 0 Å². The molecule has 6 nitrogen and oxygen atoms in total. The first-order chi connectivity index (χ1) is 17.4. The van der Waals surface area contributed by atoms with Crippen LogP contribution in [0.15, 0.2) is 24.3 Å². The Labute approximate surface area is 210 Å². The van der Waals surface area contributed by atoms with Gasteiger partial charge < -0.3 is 30.6 Å². The second-order valence-corrected chi connectivity index (χ2v) is 9.07. The topological polar surface area (TPSA) is 121 Å². The van der Waals surface area contributed by atoms with Crippen LogP contribution >= 0.6 is 0 Å². The molecular formula is C24H24F8O6. The summed E-state index contributed by atoms with van der Waals surface area (Å²) in [6.45, 7) is 3.25. The summed E-state index contributed by atoms with van der Waals surface area (Å²) in [5, 5.41) is 63.2. The summed E-state index contributed by atoms with van der Waals surface area (Å²) in [4.78, 5) is 0. The van der Waals surface area contributed by atoms with Crippen molar-refractivity contribution >= 4 is 0 Å². The predicted octanol–water partition coefficient (Wildman–Crippen LogP) is 2.09. The van der Waals surface area contributed by atoms with Crippen molar-refractivity contribution in [3.8, 4) is 0 Å². The first kappa shape index (κ1) is 31.6. The highest BCUT2D eigenvalue weighted by Crippen LogP contribution is 2.38. The Morgan fingerprint density at radius 3 is 1.58 bits per heavy atom. The maximum Gasteiger partial charge on any atom is 0.194 e. The molecule has 1 unspecified atom stereocenters. The number of rotatable bonds is 11. The number of aliphatic hydroxyl groups is 6. The van der Waals surface area contributed by atoms with Crippen molar-refractivity contribution in [2.24, 2.45) is 0 Å². The molecule has 0 amide bonds. The molecule has 0 aliphatic heterocycles. The second kappa shape index (κ2) is 11.6. The lowest BCUT2D eigenvalue weighted by atomic mass is 9.71. The number of hydrogen-bond acceptors (Lipinski definition) is 6. The zero-order chi connectivity index (χ0) is 29.3. The van der Waals surface area contributed by atoms with Crippen LogP contribution in [0.25, 0.3) is 0 Å². The fraction of sp³-hybridized carbons (Fsp3) is 0.417. The lowest BCUT2D eigenvalue weighted by Crippen LogP contribution is -2.66. The highest BCUT2D eigenvalue weighted by Gasteiger charge is 2.55. The van der Waals surface area contributed by atoms with E-state index in [4.69, 9.17) is 0 Å². The number of benzene rings is 2. The Morgan fingerprint density at radius 2 is 1.18 bits per heavy atom. The lowest BCUT2D eigenvalue weighted by Gasteiger charge is -2.46. The molecule has 0 aliphatic rings. The molecule has 0 radical (unpaired) electrons. The van der Waals surface area contributed by atoms with Gasteiger partial charge in [-0.25, -0.2) is 35.1 Å². The molecule has 0 saturated carbocycles. The number of aliphatic hydroxyl groups excluding tert-OH is 4. The highest BCUT2D eigenvalue weighted by molar-refractivity contribution is 5.29. The standard InChI is InChI=1S/C24H24F8O6/c1-9(2)5-23(37,6-10-12(25)3-14(27)19(31)17(10)29)22(36)24(38,21(35)16(34)8-33)7-11-13(26)4-15(28)20(32)18(11)30/h3-4,16,21-22,33-38H,1,5-8H2,2H3/t16-,21+,22+,23?,24+/m0/s1. The first-order valence-electron chi connectivity index (χ1n) is 10.8. The molecule has 0 bridgehead atoms. The van der Waals surface area contributed by atoms with E-state index in [0.29, 0.717) is 0 Å². The van der Waals surface area contributed by atoms with Gasteiger partial charge in [-0.05, 0) is 13.3 Å². The van der Waals surface area contributed by atoms with Gasteiger partial charge in [0.05, 0.1) is 6.61 Å². The molecule has 0 fully saturated rings. The van der Waals surface area contributed by atoms with Gasteiger partial charge in [-0.1, -0.05) is 5.57 Å². The van der Waals surface area contributed by atoms with Gasteiger partial charge >= 0.3 is 0 Å². The average molecular weight is 560 g/mol. The molecule has 0 saturated heterocycles. The largest absolute Gasteiger partial charge is 0.394 e. The first-order valence-corrected chi connectivity index (χ1v) is 10.8. The molecule has 0 heterocycles. The average Bonchev–Trinajstić information content (AvgIpc) is 2.84. The zero-order valence-corrected chi connectivity index (χ0v) is 19.6. The third-order valence-electron chi connectivity index (χ3n) is 6.02. The van der Waals surface area contributed by atoms with Gasteiger partial charge in [0.25, 0.3) is 0 Å². The van der Waals surface area contributed by atoms with Crippen molar-refractivity contribution in [1.82, 2.24) is 0 Å². The van der Waals surface area contributed by atoms with E-state index in [2.05, 4.69) is 6.58 Å². The molecule has 6 N–H and O–H groups in total. The fourth-order valence-electron chi connectivity index (χ4n) is 4.16. The van der Waals surface area contributed by atoms with Crippen LogP contribution in [0.4, 0.5) is 35.1 Å². The van der Waals surface area contributed by atoms with Crippen molar-refractivity contribution in [2.75, 3.05) is 6.61 Å². The van der Waals surface area contributed by atoms with Gasteiger partial charge in [0.15, 0.2) is 34.9 Å². The summed E-state index contributed by atoms with van der Waals surface area (Å²) >= 11 is 0. The lowest BCUT2D eigenvalue weighted by molar-refractivity contribution is -0.229. The third-order valence-corrected chi connectivity index (χ3v) is 6.02. The van der Waals surface area contributed by atoms with E-state index in [-0.39, 0.29) is 17.7 Å². The second-order valence-electron chi connectivity index (χ2n) is 9.07. The summed E-state index contributed by atoms with van der Waals surface area (Å²) in [6.07, 6.45) is -12.3. The van der Waals surface area contributed by atoms with Crippen molar-refractivity contribution in [1.29, 1.82) is 0 Å². The van der Waals surface area contributed by atoms with Crippen molar-refractivity contribution in [3.05, 3.63) is 81.9 Å². The molecule has 5 atom stereocenters. The minimum Gasteiger partial charge on any atom is -0.394 e. The molecule has 14 heteroatoms. The number of halogens is 8. The van der Waals surface area contributed by atoms with Crippen LogP contribution < -0.4 is 0 Å². The Morgan fingerprint density at radius 1 is 0.763 bits per heavy atom. The smallest absolute Gasteiger partial charge is 0.194 e. The summed E-state index contributed by atoms with van der Waals surface area (Å²) in [5.74, 6) is -16.3. The van der Waals surface area contributed by atoms with E-state index in [1.54, 1.807) is 0 Å². The molecular weight excluding hydrogens is 536 g/mol. The fourth-order valence-corrected chi connectivity index (χ4v) is 4.16. The molecule has 212 valence electrons. The quantitative estimate of drug-likeness (QED) is 0.108. The Kier molecular flexibility index (Phi) is 9.67. The summed E-state index contributed by atoms with van der Waals surface area (Å²) in [5.41, 5.74) is -9.65. The van der Waals surface area contributed by atoms with Gasteiger partial charge in [-0.2, -0.15) is 0 Å². The number of hydrogen-bond donors (Lipinski definition) is 6. The molecule has 0 aromatic heterocycles. The van der Waals surface area contributed by atoms with Crippen molar-refractivity contribution in [3.63, 3.8) is 0 Å². The van der Waals surface area contributed by atoms with E-state index in [1.165, 1.54) is 6.92 Å². The predicted molar refractivity (Wildman–Crippen MR) is 114 cm³/mol. The Hall–Kier alpha value is -2.62. The van der Waals surface area contributed by atoms with Crippen LogP contribution in [-0.4, -0.2) is 66.8 Å². The van der Waals surface area contributed by atoms with Crippen LogP contribution in [0.3, 0.4) is 0 Å². The monoisotopic (exact) mass is 560 g/mol. The SMILES string of the molecule is C=C(C)CC(O)(Cc1c(F)cc(F)c(F)c1F)[C@@H](O)[C@@](O)(Cc1c(F)cc(F)c(F)c1F)[C@H](O)[C@@H](O)CO. The van der Waals surface area contributed by atoms with E-state index in [0.717, 1.165) is 0 Å². The maximum atomic E-state index is 14.4. The maximum absolute atomic E-state index is 14.4. The van der Waals surface area contributed by atoms with Gasteiger partial charge in [0.1, 0.15) is 41.1 Å². The molecule has 2 aromatic rings. The van der Waals surface area contributed by atoms with Crippen LogP contribution in [0, 0.1) is 46.5 Å². The molecule has 38 heavy (non-hydrogen) atoms. The minimum atomic E-state index is -3.58. The van der Waals surface area contributed by atoms with E-state index in [1.807, 2.05) is 0 Å². The van der Waals surface area contributed by atoms with Gasteiger partial charge in [0.2, 0.25) is 0 Å². The van der Waals surface area contributed by atoms with Crippen LogP contribution in [-0.2, 0) is 12.8 Å². The van der Waals surface area contributed by atoms with Gasteiger partial charge in [0, 0.05) is 36.1 Å². The molecule has 0 aliphatic carbocycles. The van der Waals surface area contributed by atoms with E-state index >= 15 is 0 Å². The van der Waals surface area contributed by atoms with Crippen molar-refractivity contribution in [2.45, 2.75) is 55.7 Å². The summed E-state index contributed by atoms with van der Waals surface area (Å²) < 4.78 is 112. The zero-order valence-electron chi connectivity index (χ0n) is 19.6. The summed E-state index contributed by atoms with van der Waals surface area (Å²) in [7, 11) is 0.